The fourth-order valence-electron chi connectivity index (χ4n) is 3.27. The van der Waals surface area contributed by atoms with Gasteiger partial charge in [-0.1, -0.05) is 36.8 Å². The minimum atomic E-state index is -0.0928. The lowest BCUT2D eigenvalue weighted by Crippen LogP contribution is -2.26. The molecule has 132 valence electrons. The van der Waals surface area contributed by atoms with E-state index in [0.29, 0.717) is 18.0 Å². The van der Waals surface area contributed by atoms with Gasteiger partial charge in [0.1, 0.15) is 17.6 Å². The number of methoxy groups -OCH3 is 1. The molecule has 4 nitrogen and oxygen atoms in total. The lowest BCUT2D eigenvalue weighted by atomic mass is 9.97. The molecule has 0 spiro atoms. The molecule has 1 aliphatic heterocycles. The number of aryl methyl sites for hydroxylation is 1. The first-order valence-corrected chi connectivity index (χ1v) is 8.72. The quantitative estimate of drug-likeness (QED) is 0.900. The second-order valence-electron chi connectivity index (χ2n) is 6.66. The van der Waals surface area contributed by atoms with Crippen LogP contribution in [-0.4, -0.2) is 25.7 Å². The van der Waals surface area contributed by atoms with E-state index in [1.54, 1.807) is 7.11 Å². The van der Waals surface area contributed by atoms with E-state index in [4.69, 9.17) is 9.47 Å². The normalized spacial score (nSPS) is 18.4. The van der Waals surface area contributed by atoms with Gasteiger partial charge in [-0.05, 0) is 38.0 Å². The van der Waals surface area contributed by atoms with Gasteiger partial charge >= 0.3 is 0 Å². The SMILES string of the molecule is COc1ccc(C)cc1CCNC(=O)c1cccc2c1OC(C)C2C. The van der Waals surface area contributed by atoms with Crippen LogP contribution in [0.2, 0.25) is 0 Å². The summed E-state index contributed by atoms with van der Waals surface area (Å²) in [5.74, 6) is 1.80. The molecule has 0 radical (unpaired) electrons. The van der Waals surface area contributed by atoms with E-state index in [9.17, 15) is 4.79 Å². The Hall–Kier alpha value is -2.49. The molecule has 2 aromatic carbocycles. The number of benzene rings is 2. The summed E-state index contributed by atoms with van der Waals surface area (Å²) >= 11 is 0. The fraction of sp³-hybridized carbons (Fsp3) is 0.381. The Kier molecular flexibility index (Phi) is 4.98. The molecule has 0 aliphatic carbocycles. The Bertz CT molecular complexity index is 785. The number of ether oxygens (including phenoxy) is 2. The van der Waals surface area contributed by atoms with Gasteiger partial charge < -0.3 is 14.8 Å². The molecule has 0 saturated heterocycles. The monoisotopic (exact) mass is 339 g/mol. The number of para-hydroxylation sites is 1. The molecule has 1 heterocycles. The Morgan fingerprint density at radius 1 is 1.24 bits per heavy atom. The van der Waals surface area contributed by atoms with Gasteiger partial charge in [0.25, 0.3) is 5.91 Å². The second-order valence-corrected chi connectivity index (χ2v) is 6.66. The first-order valence-electron chi connectivity index (χ1n) is 8.72. The lowest BCUT2D eigenvalue weighted by molar-refractivity contribution is 0.0949. The lowest BCUT2D eigenvalue weighted by Gasteiger charge is -2.12. The summed E-state index contributed by atoms with van der Waals surface area (Å²) in [5, 5.41) is 3.00. The van der Waals surface area contributed by atoms with Crippen molar-refractivity contribution < 1.29 is 14.3 Å². The van der Waals surface area contributed by atoms with Crippen LogP contribution in [0.15, 0.2) is 36.4 Å². The van der Waals surface area contributed by atoms with Gasteiger partial charge in [-0.3, -0.25) is 4.79 Å². The van der Waals surface area contributed by atoms with Gasteiger partial charge in [0.15, 0.2) is 0 Å². The molecule has 1 aliphatic rings. The van der Waals surface area contributed by atoms with Crippen LogP contribution in [0.4, 0.5) is 0 Å². The Morgan fingerprint density at radius 2 is 2.04 bits per heavy atom. The first-order chi connectivity index (χ1) is 12.0. The highest BCUT2D eigenvalue weighted by Crippen LogP contribution is 2.40. The van der Waals surface area contributed by atoms with E-state index >= 15 is 0 Å². The molecule has 2 aromatic rings. The maximum absolute atomic E-state index is 12.6. The van der Waals surface area contributed by atoms with Gasteiger partial charge in [-0.15, -0.1) is 0 Å². The number of carbonyl (C=O) groups excluding carboxylic acids is 1. The summed E-state index contributed by atoms with van der Waals surface area (Å²) < 4.78 is 11.3. The van der Waals surface area contributed by atoms with Crippen LogP contribution in [0.1, 0.15) is 46.8 Å². The topological polar surface area (TPSA) is 47.6 Å². The number of amides is 1. The summed E-state index contributed by atoms with van der Waals surface area (Å²) in [6, 6.07) is 11.9. The van der Waals surface area contributed by atoms with E-state index in [2.05, 4.69) is 25.2 Å². The van der Waals surface area contributed by atoms with Crippen molar-refractivity contribution in [2.75, 3.05) is 13.7 Å². The molecule has 2 unspecified atom stereocenters. The van der Waals surface area contributed by atoms with Crippen molar-refractivity contribution in [3.8, 4) is 11.5 Å². The Labute approximate surface area is 149 Å². The van der Waals surface area contributed by atoms with Crippen molar-refractivity contribution in [3.05, 3.63) is 58.7 Å². The van der Waals surface area contributed by atoms with E-state index in [0.717, 1.165) is 29.0 Å². The third-order valence-corrected chi connectivity index (χ3v) is 4.90. The van der Waals surface area contributed by atoms with Crippen LogP contribution in [-0.2, 0) is 6.42 Å². The third kappa shape index (κ3) is 3.48. The number of fused-ring (bicyclic) bond motifs is 1. The maximum Gasteiger partial charge on any atom is 0.255 e. The third-order valence-electron chi connectivity index (χ3n) is 4.90. The molecule has 1 amide bonds. The maximum atomic E-state index is 12.6. The summed E-state index contributed by atoms with van der Waals surface area (Å²) in [6.45, 7) is 6.76. The van der Waals surface area contributed by atoms with Crippen LogP contribution in [0, 0.1) is 6.92 Å². The number of carbonyl (C=O) groups is 1. The highest BCUT2D eigenvalue weighted by atomic mass is 16.5. The van der Waals surface area contributed by atoms with Crippen LogP contribution in [0.5, 0.6) is 11.5 Å². The van der Waals surface area contributed by atoms with Crippen molar-refractivity contribution in [1.29, 1.82) is 0 Å². The molecular weight excluding hydrogens is 314 g/mol. The van der Waals surface area contributed by atoms with Crippen molar-refractivity contribution >= 4 is 5.91 Å². The molecule has 0 fully saturated rings. The predicted octanol–water partition coefficient (Wildman–Crippen LogP) is 3.86. The molecule has 25 heavy (non-hydrogen) atoms. The molecule has 0 bridgehead atoms. The zero-order valence-corrected chi connectivity index (χ0v) is 15.3. The summed E-state index contributed by atoms with van der Waals surface area (Å²) in [7, 11) is 1.67. The van der Waals surface area contributed by atoms with E-state index in [1.807, 2.05) is 37.3 Å². The summed E-state index contributed by atoms with van der Waals surface area (Å²) in [5.41, 5.74) is 4.00. The van der Waals surface area contributed by atoms with E-state index < -0.39 is 0 Å². The molecule has 3 rings (SSSR count). The zero-order valence-electron chi connectivity index (χ0n) is 15.3. The van der Waals surface area contributed by atoms with Gasteiger partial charge in [0.2, 0.25) is 0 Å². The van der Waals surface area contributed by atoms with Crippen LogP contribution in [0.3, 0.4) is 0 Å². The van der Waals surface area contributed by atoms with E-state index in [-0.39, 0.29) is 12.0 Å². The average Bonchev–Trinajstić information content (AvgIpc) is 2.89. The Balaban J connectivity index is 1.68. The number of rotatable bonds is 5. The zero-order chi connectivity index (χ0) is 18.0. The molecular formula is C21H25NO3. The van der Waals surface area contributed by atoms with Gasteiger partial charge in [0.05, 0.1) is 12.7 Å². The number of hydrogen-bond acceptors (Lipinski definition) is 3. The van der Waals surface area contributed by atoms with Crippen molar-refractivity contribution in [2.45, 2.75) is 39.2 Å². The van der Waals surface area contributed by atoms with Crippen LogP contribution < -0.4 is 14.8 Å². The van der Waals surface area contributed by atoms with Gasteiger partial charge in [0, 0.05) is 18.0 Å². The molecule has 4 heteroatoms. The van der Waals surface area contributed by atoms with Crippen molar-refractivity contribution in [3.63, 3.8) is 0 Å². The van der Waals surface area contributed by atoms with Crippen LogP contribution in [0.25, 0.3) is 0 Å². The minimum absolute atomic E-state index is 0.0928. The molecule has 0 aromatic heterocycles. The predicted molar refractivity (Wildman–Crippen MR) is 98.7 cm³/mol. The number of hydrogen-bond donors (Lipinski definition) is 1. The number of nitrogens with one attached hydrogen (secondary N) is 1. The first kappa shape index (κ1) is 17.3. The smallest absolute Gasteiger partial charge is 0.255 e. The average molecular weight is 339 g/mol. The second kappa shape index (κ2) is 7.18. The highest BCUT2D eigenvalue weighted by molar-refractivity contribution is 5.97. The minimum Gasteiger partial charge on any atom is -0.496 e. The molecule has 1 N–H and O–H groups in total. The fourth-order valence-corrected chi connectivity index (χ4v) is 3.27. The largest absolute Gasteiger partial charge is 0.496 e. The Morgan fingerprint density at radius 3 is 2.80 bits per heavy atom. The summed E-state index contributed by atoms with van der Waals surface area (Å²) in [6.07, 6.45) is 0.819. The molecule has 2 atom stereocenters. The summed E-state index contributed by atoms with van der Waals surface area (Å²) in [4.78, 5) is 12.6. The van der Waals surface area contributed by atoms with Crippen molar-refractivity contribution in [2.24, 2.45) is 0 Å². The van der Waals surface area contributed by atoms with Gasteiger partial charge in [-0.25, -0.2) is 0 Å². The van der Waals surface area contributed by atoms with Crippen LogP contribution >= 0.6 is 0 Å². The highest BCUT2D eigenvalue weighted by Gasteiger charge is 2.30. The van der Waals surface area contributed by atoms with E-state index in [1.165, 1.54) is 5.56 Å². The van der Waals surface area contributed by atoms with Crippen molar-refractivity contribution in [1.82, 2.24) is 5.32 Å². The standard InChI is InChI=1S/C21H25NO3/c1-13-8-9-19(24-4)16(12-13)10-11-22-21(23)18-7-5-6-17-14(2)15(3)25-20(17)18/h5-9,12,14-15H,10-11H2,1-4H3,(H,22,23). The molecule has 0 saturated carbocycles. The van der Waals surface area contributed by atoms with Gasteiger partial charge in [-0.2, -0.15) is 0 Å².